The Morgan fingerprint density at radius 1 is 0.304 bits per heavy atom. The molecule has 8 aromatic carbocycles. The minimum absolute atomic E-state index is 0.633. The van der Waals surface area contributed by atoms with E-state index in [9.17, 15) is 0 Å². The Kier molecular flexibility index (Phi) is 7.64. The van der Waals surface area contributed by atoms with Crippen LogP contribution in [0, 0.1) is 0 Å². The van der Waals surface area contributed by atoms with Crippen molar-refractivity contribution in [3.63, 3.8) is 0 Å². The fourth-order valence-corrected chi connectivity index (χ4v) is 9.07. The van der Waals surface area contributed by atoms with Crippen molar-refractivity contribution in [2.45, 2.75) is 0 Å². The summed E-state index contributed by atoms with van der Waals surface area (Å²) in [6.45, 7) is 0. The molecule has 3 aromatic heterocycles. The number of aromatic nitrogens is 4. The van der Waals surface area contributed by atoms with Crippen molar-refractivity contribution in [3.8, 4) is 62.1 Å². The number of benzene rings is 8. The van der Waals surface area contributed by atoms with E-state index in [1.54, 1.807) is 0 Å². The van der Waals surface area contributed by atoms with Crippen LogP contribution in [0.4, 0.5) is 0 Å². The third-order valence-corrected chi connectivity index (χ3v) is 11.7. The SMILES string of the molecule is c1ccc(-c2cc(-c3cccc(-c4nc(-c5ccccc5)nc(-c5ccccc5)n4)c3)cc(-n3c4ccccc4c4cc5sc6ccccc6c5cc43)c2)cc1. The van der Waals surface area contributed by atoms with Gasteiger partial charge in [0.25, 0.3) is 0 Å². The Hall–Kier alpha value is -7.21. The summed E-state index contributed by atoms with van der Waals surface area (Å²) in [5.74, 6) is 1.92. The standard InChI is InChI=1S/C51H32N4S/c1-4-15-33(16-5-1)38-28-39(36-21-14-22-37(27-36)51-53-49(34-17-6-2-7-18-34)52-50(54-51)35-19-8-3-9-20-35)30-40(29-38)55-45-25-12-10-23-41(45)43-32-48-44(31-46(43)55)42-24-11-13-26-47(42)56-48/h1-32H. The molecule has 0 aliphatic carbocycles. The van der Waals surface area contributed by atoms with Gasteiger partial charge in [0.2, 0.25) is 0 Å². The highest BCUT2D eigenvalue weighted by molar-refractivity contribution is 7.25. The Balaban J connectivity index is 1.12. The third kappa shape index (κ3) is 5.56. The zero-order valence-electron chi connectivity index (χ0n) is 30.2. The van der Waals surface area contributed by atoms with Crippen LogP contribution in [-0.2, 0) is 0 Å². The molecule has 0 amide bonds. The zero-order valence-corrected chi connectivity index (χ0v) is 31.0. The predicted octanol–water partition coefficient (Wildman–Crippen LogP) is 13.7. The summed E-state index contributed by atoms with van der Waals surface area (Å²) < 4.78 is 5.06. The predicted molar refractivity (Wildman–Crippen MR) is 234 cm³/mol. The Morgan fingerprint density at radius 3 is 1.52 bits per heavy atom. The minimum Gasteiger partial charge on any atom is -0.309 e. The van der Waals surface area contributed by atoms with Crippen molar-refractivity contribution in [1.82, 2.24) is 19.5 Å². The quantitative estimate of drug-likeness (QED) is 0.171. The third-order valence-electron chi connectivity index (χ3n) is 10.6. The molecule has 11 rings (SSSR count). The van der Waals surface area contributed by atoms with Crippen LogP contribution in [0.15, 0.2) is 194 Å². The monoisotopic (exact) mass is 732 g/mol. The number of rotatable bonds is 6. The molecule has 0 aliphatic heterocycles. The molecule has 4 nitrogen and oxygen atoms in total. The van der Waals surface area contributed by atoms with Gasteiger partial charge in [0.05, 0.1) is 11.0 Å². The summed E-state index contributed by atoms with van der Waals surface area (Å²) in [5, 5.41) is 5.09. The van der Waals surface area contributed by atoms with E-state index in [0.717, 1.165) is 44.6 Å². The first kappa shape index (κ1) is 32.2. The Labute approximate surface area is 327 Å². The molecule has 0 saturated heterocycles. The highest BCUT2D eigenvalue weighted by atomic mass is 32.1. The van der Waals surface area contributed by atoms with E-state index in [1.807, 2.05) is 72.0 Å². The van der Waals surface area contributed by atoms with Gasteiger partial charge in [-0.05, 0) is 70.8 Å². The molecule has 0 aliphatic rings. The number of nitrogens with zero attached hydrogens (tertiary/aromatic N) is 4. The first-order chi connectivity index (χ1) is 27.7. The summed E-state index contributed by atoms with van der Waals surface area (Å²) in [6.07, 6.45) is 0. The highest BCUT2D eigenvalue weighted by Gasteiger charge is 2.18. The van der Waals surface area contributed by atoms with Crippen LogP contribution in [-0.4, -0.2) is 19.5 Å². The van der Waals surface area contributed by atoms with Crippen LogP contribution in [0.25, 0.3) is 104 Å². The van der Waals surface area contributed by atoms with Crippen molar-refractivity contribution in [2.24, 2.45) is 0 Å². The van der Waals surface area contributed by atoms with Crippen molar-refractivity contribution in [3.05, 3.63) is 194 Å². The molecule has 11 aromatic rings. The van der Waals surface area contributed by atoms with Gasteiger partial charge in [0, 0.05) is 53.3 Å². The van der Waals surface area contributed by atoms with Crippen molar-refractivity contribution in [2.75, 3.05) is 0 Å². The van der Waals surface area contributed by atoms with Gasteiger partial charge in [0.15, 0.2) is 17.5 Å². The van der Waals surface area contributed by atoms with E-state index in [-0.39, 0.29) is 0 Å². The van der Waals surface area contributed by atoms with Gasteiger partial charge in [-0.2, -0.15) is 0 Å². The van der Waals surface area contributed by atoms with E-state index in [4.69, 9.17) is 15.0 Å². The van der Waals surface area contributed by atoms with Crippen LogP contribution in [0.5, 0.6) is 0 Å². The average Bonchev–Trinajstić information content (AvgIpc) is 3.81. The van der Waals surface area contributed by atoms with E-state index >= 15 is 0 Å². The largest absolute Gasteiger partial charge is 0.309 e. The lowest BCUT2D eigenvalue weighted by molar-refractivity contribution is 1.07. The molecule has 5 heteroatoms. The summed E-state index contributed by atoms with van der Waals surface area (Å²) in [6, 6.07) is 68.8. The molecular weight excluding hydrogens is 701 g/mol. The molecule has 0 unspecified atom stereocenters. The van der Waals surface area contributed by atoms with Gasteiger partial charge in [-0.25, -0.2) is 15.0 Å². The van der Waals surface area contributed by atoms with Crippen LogP contribution < -0.4 is 0 Å². The fourth-order valence-electron chi connectivity index (χ4n) is 7.94. The van der Waals surface area contributed by atoms with Crippen molar-refractivity contribution >= 4 is 53.3 Å². The topological polar surface area (TPSA) is 43.6 Å². The average molecular weight is 733 g/mol. The molecule has 56 heavy (non-hydrogen) atoms. The highest BCUT2D eigenvalue weighted by Crippen LogP contribution is 2.42. The second-order valence-corrected chi connectivity index (χ2v) is 15.2. The van der Waals surface area contributed by atoms with Crippen LogP contribution in [0.1, 0.15) is 0 Å². The van der Waals surface area contributed by atoms with Crippen LogP contribution in [0.3, 0.4) is 0 Å². The van der Waals surface area contributed by atoms with Gasteiger partial charge < -0.3 is 4.57 Å². The second-order valence-electron chi connectivity index (χ2n) is 14.1. The van der Waals surface area contributed by atoms with E-state index in [1.165, 1.54) is 42.0 Å². The van der Waals surface area contributed by atoms with Gasteiger partial charge in [-0.1, -0.05) is 146 Å². The molecule has 0 saturated carbocycles. The first-order valence-electron chi connectivity index (χ1n) is 18.8. The number of hydrogen-bond donors (Lipinski definition) is 0. The number of fused-ring (bicyclic) bond motifs is 6. The van der Waals surface area contributed by atoms with Gasteiger partial charge in [0.1, 0.15) is 0 Å². The molecular formula is C51H32N4S. The summed E-state index contributed by atoms with van der Waals surface area (Å²) in [5.41, 5.74) is 10.8. The van der Waals surface area contributed by atoms with Crippen LogP contribution in [0.2, 0.25) is 0 Å². The van der Waals surface area contributed by atoms with Crippen LogP contribution >= 0.6 is 11.3 Å². The maximum atomic E-state index is 5.04. The summed E-state index contributed by atoms with van der Waals surface area (Å²) in [4.78, 5) is 15.0. The van der Waals surface area contributed by atoms with Gasteiger partial charge in [-0.3, -0.25) is 0 Å². The normalized spacial score (nSPS) is 11.6. The van der Waals surface area contributed by atoms with Crippen molar-refractivity contribution in [1.29, 1.82) is 0 Å². The maximum Gasteiger partial charge on any atom is 0.164 e. The molecule has 0 radical (unpaired) electrons. The molecule has 0 N–H and O–H groups in total. The summed E-state index contributed by atoms with van der Waals surface area (Å²) >= 11 is 1.86. The lowest BCUT2D eigenvalue weighted by Gasteiger charge is -2.15. The smallest absolute Gasteiger partial charge is 0.164 e. The molecule has 262 valence electrons. The van der Waals surface area contributed by atoms with Gasteiger partial charge in [-0.15, -0.1) is 11.3 Å². The first-order valence-corrected chi connectivity index (χ1v) is 19.6. The Bertz CT molecular complexity index is 3180. The zero-order chi connectivity index (χ0) is 37.0. The second kappa shape index (κ2) is 13.3. The van der Waals surface area contributed by atoms with Gasteiger partial charge >= 0.3 is 0 Å². The lowest BCUT2D eigenvalue weighted by atomic mass is 9.96. The fraction of sp³-hybridized carbons (Fsp3) is 0. The number of thiophene rings is 1. The molecule has 3 heterocycles. The van der Waals surface area contributed by atoms with E-state index in [2.05, 4.69) is 138 Å². The molecule has 0 bridgehead atoms. The summed E-state index contributed by atoms with van der Waals surface area (Å²) in [7, 11) is 0. The minimum atomic E-state index is 0.633. The van der Waals surface area contributed by atoms with Crippen molar-refractivity contribution < 1.29 is 0 Å². The maximum absolute atomic E-state index is 5.04. The molecule has 0 atom stereocenters. The number of para-hydroxylation sites is 1. The molecule has 0 spiro atoms. The lowest BCUT2D eigenvalue weighted by Crippen LogP contribution is -2.00. The van der Waals surface area contributed by atoms with E-state index < -0.39 is 0 Å². The Morgan fingerprint density at radius 2 is 0.821 bits per heavy atom. The number of hydrogen-bond acceptors (Lipinski definition) is 4. The van der Waals surface area contributed by atoms with E-state index in [0.29, 0.717) is 17.5 Å². The molecule has 0 fully saturated rings.